The molecule has 0 aliphatic heterocycles. The van der Waals surface area contributed by atoms with E-state index >= 15 is 0 Å². The zero-order chi connectivity index (χ0) is 25.5. The van der Waals surface area contributed by atoms with Crippen LogP contribution in [0.2, 0.25) is 0 Å². The predicted octanol–water partition coefficient (Wildman–Crippen LogP) is 2.96. The second kappa shape index (κ2) is 11.0. The van der Waals surface area contributed by atoms with Gasteiger partial charge in [0.1, 0.15) is 18.8 Å². The molecule has 1 aliphatic carbocycles. The number of esters is 3. The van der Waals surface area contributed by atoms with Gasteiger partial charge in [-0.2, -0.15) is 0 Å². The van der Waals surface area contributed by atoms with E-state index in [1.54, 1.807) is 66.7 Å². The van der Waals surface area contributed by atoms with Gasteiger partial charge in [-0.25, -0.2) is 14.4 Å². The van der Waals surface area contributed by atoms with Crippen molar-refractivity contribution in [1.82, 2.24) is 0 Å². The summed E-state index contributed by atoms with van der Waals surface area (Å²) in [5.41, 5.74) is -1.62. The third kappa shape index (κ3) is 5.51. The molecule has 2 N–H and O–H groups in total. The van der Waals surface area contributed by atoms with Gasteiger partial charge in [0, 0.05) is 0 Å². The van der Waals surface area contributed by atoms with Gasteiger partial charge in [-0.3, -0.25) is 0 Å². The summed E-state index contributed by atoms with van der Waals surface area (Å²) in [5, 5.41) is 22.6. The van der Waals surface area contributed by atoms with Crippen LogP contribution in [0.1, 0.15) is 31.1 Å². The zero-order valence-corrected chi connectivity index (χ0v) is 19.1. The summed E-state index contributed by atoms with van der Waals surface area (Å²) in [6.45, 7) is -0.738. The summed E-state index contributed by atoms with van der Waals surface area (Å²) in [7, 11) is 0. The molecular formula is C28H24O8. The molecular weight excluding hydrogens is 464 g/mol. The van der Waals surface area contributed by atoms with E-state index in [1.165, 1.54) is 36.4 Å². The second-order valence-corrected chi connectivity index (χ2v) is 8.19. The SMILES string of the molecule is O=C(OC[C@]1(O)[C@H](OC(=O)c2ccccc2)C=C[C@H](OC(=O)c2ccccc2)[C@@H]1O)c1ccccc1. The maximum absolute atomic E-state index is 12.7. The number of benzene rings is 3. The molecule has 0 amide bonds. The number of carbonyl (C=O) groups is 3. The average molecular weight is 488 g/mol. The van der Waals surface area contributed by atoms with Crippen molar-refractivity contribution in [2.24, 2.45) is 0 Å². The summed E-state index contributed by atoms with van der Waals surface area (Å²) >= 11 is 0. The van der Waals surface area contributed by atoms with Crippen LogP contribution in [0.3, 0.4) is 0 Å². The molecule has 1 aliphatic rings. The van der Waals surface area contributed by atoms with E-state index in [0.29, 0.717) is 0 Å². The minimum Gasteiger partial charge on any atom is -0.459 e. The Bertz CT molecular complexity index is 1230. The Labute approximate surface area is 207 Å². The number of hydrogen-bond acceptors (Lipinski definition) is 8. The quantitative estimate of drug-likeness (QED) is 0.296. The van der Waals surface area contributed by atoms with Crippen LogP contribution in [0.4, 0.5) is 0 Å². The van der Waals surface area contributed by atoms with Crippen LogP contribution >= 0.6 is 0 Å². The Kier molecular flexibility index (Phi) is 7.58. The van der Waals surface area contributed by atoms with Crippen LogP contribution in [0.15, 0.2) is 103 Å². The fourth-order valence-corrected chi connectivity index (χ4v) is 3.71. The lowest BCUT2D eigenvalue weighted by Gasteiger charge is -2.42. The van der Waals surface area contributed by atoms with E-state index in [4.69, 9.17) is 14.2 Å². The van der Waals surface area contributed by atoms with Crippen molar-refractivity contribution in [2.75, 3.05) is 6.61 Å². The van der Waals surface area contributed by atoms with Crippen molar-refractivity contribution < 1.29 is 38.8 Å². The van der Waals surface area contributed by atoms with Gasteiger partial charge in [0.2, 0.25) is 0 Å². The molecule has 0 aromatic heterocycles. The first-order chi connectivity index (χ1) is 17.4. The van der Waals surface area contributed by atoms with Crippen LogP contribution in [0, 0.1) is 0 Å². The number of hydrogen-bond donors (Lipinski definition) is 2. The highest BCUT2D eigenvalue weighted by Crippen LogP contribution is 2.31. The Morgan fingerprint density at radius 2 is 1.11 bits per heavy atom. The lowest BCUT2D eigenvalue weighted by molar-refractivity contribution is -0.184. The highest BCUT2D eigenvalue weighted by molar-refractivity contribution is 5.90. The van der Waals surface area contributed by atoms with Crippen molar-refractivity contribution >= 4 is 17.9 Å². The molecule has 8 nitrogen and oxygen atoms in total. The van der Waals surface area contributed by atoms with E-state index in [2.05, 4.69) is 0 Å². The van der Waals surface area contributed by atoms with Crippen LogP contribution in [-0.2, 0) is 14.2 Å². The Hall–Kier alpha value is -4.27. The predicted molar refractivity (Wildman–Crippen MR) is 128 cm³/mol. The van der Waals surface area contributed by atoms with Gasteiger partial charge in [-0.15, -0.1) is 0 Å². The number of aliphatic hydroxyl groups is 2. The topological polar surface area (TPSA) is 119 Å². The van der Waals surface area contributed by atoms with Gasteiger partial charge in [-0.1, -0.05) is 54.6 Å². The van der Waals surface area contributed by atoms with Crippen molar-refractivity contribution in [2.45, 2.75) is 23.9 Å². The Morgan fingerprint density at radius 3 is 1.61 bits per heavy atom. The standard InChI is InChI=1S/C28H24O8/c29-24-22(35-26(31)20-12-6-2-7-13-20)16-17-23(36-27(32)21-14-8-3-9-15-21)28(24,33)18-34-25(30)19-10-4-1-5-11-19/h1-17,22-24,29,33H,18H2/t22-,23+,24-,28-/m0/s1. The fourth-order valence-electron chi connectivity index (χ4n) is 3.71. The summed E-state index contributed by atoms with van der Waals surface area (Å²) in [4.78, 5) is 37.7. The van der Waals surface area contributed by atoms with Gasteiger partial charge in [0.15, 0.2) is 11.7 Å². The molecule has 0 saturated heterocycles. The minimum atomic E-state index is -2.31. The van der Waals surface area contributed by atoms with Crippen molar-refractivity contribution in [1.29, 1.82) is 0 Å². The molecule has 0 saturated carbocycles. The fraction of sp³-hybridized carbons (Fsp3) is 0.179. The van der Waals surface area contributed by atoms with Crippen LogP contribution in [0.25, 0.3) is 0 Å². The van der Waals surface area contributed by atoms with Gasteiger partial charge >= 0.3 is 17.9 Å². The van der Waals surface area contributed by atoms with Crippen molar-refractivity contribution in [3.8, 4) is 0 Å². The normalized spacial score (nSPS) is 22.9. The Morgan fingerprint density at radius 1 is 0.667 bits per heavy atom. The molecule has 184 valence electrons. The smallest absolute Gasteiger partial charge is 0.338 e. The largest absolute Gasteiger partial charge is 0.459 e. The lowest BCUT2D eigenvalue weighted by atomic mass is 9.82. The van der Waals surface area contributed by atoms with E-state index in [-0.39, 0.29) is 16.7 Å². The first-order valence-corrected chi connectivity index (χ1v) is 11.2. The number of carbonyl (C=O) groups excluding carboxylic acids is 3. The lowest BCUT2D eigenvalue weighted by Crippen LogP contribution is -2.62. The maximum atomic E-state index is 12.7. The molecule has 3 aromatic carbocycles. The van der Waals surface area contributed by atoms with Gasteiger partial charge in [0.05, 0.1) is 16.7 Å². The maximum Gasteiger partial charge on any atom is 0.338 e. The zero-order valence-electron chi connectivity index (χ0n) is 19.1. The molecule has 0 radical (unpaired) electrons. The summed E-state index contributed by atoms with van der Waals surface area (Å²) in [6, 6.07) is 24.3. The van der Waals surface area contributed by atoms with Crippen LogP contribution in [0.5, 0.6) is 0 Å². The van der Waals surface area contributed by atoms with Crippen molar-refractivity contribution in [3.63, 3.8) is 0 Å². The number of rotatable bonds is 7. The Balaban J connectivity index is 1.56. The van der Waals surface area contributed by atoms with Crippen LogP contribution in [-0.4, -0.2) is 58.6 Å². The molecule has 0 heterocycles. The number of ether oxygens (including phenoxy) is 3. The highest BCUT2D eigenvalue weighted by Gasteiger charge is 2.52. The van der Waals surface area contributed by atoms with Gasteiger partial charge in [0.25, 0.3) is 0 Å². The molecule has 8 heteroatoms. The van der Waals surface area contributed by atoms with Crippen LogP contribution < -0.4 is 0 Å². The molecule has 0 spiro atoms. The van der Waals surface area contributed by atoms with Gasteiger partial charge < -0.3 is 24.4 Å². The first-order valence-electron chi connectivity index (χ1n) is 11.2. The van der Waals surface area contributed by atoms with E-state index in [9.17, 15) is 24.6 Å². The number of aliphatic hydroxyl groups excluding tert-OH is 1. The highest BCUT2D eigenvalue weighted by atomic mass is 16.6. The van der Waals surface area contributed by atoms with Crippen molar-refractivity contribution in [3.05, 3.63) is 120 Å². The molecule has 4 atom stereocenters. The summed E-state index contributed by atoms with van der Waals surface area (Å²) < 4.78 is 16.2. The monoisotopic (exact) mass is 488 g/mol. The summed E-state index contributed by atoms with van der Waals surface area (Å²) in [5.74, 6) is -2.24. The molecule has 36 heavy (non-hydrogen) atoms. The average Bonchev–Trinajstić information content (AvgIpc) is 2.93. The van der Waals surface area contributed by atoms with E-state index in [1.807, 2.05) is 0 Å². The molecule has 0 bridgehead atoms. The minimum absolute atomic E-state index is 0.224. The third-order valence-electron chi connectivity index (χ3n) is 5.73. The first kappa shape index (κ1) is 24.8. The molecule has 0 fully saturated rings. The molecule has 0 unspecified atom stereocenters. The molecule has 4 rings (SSSR count). The summed E-state index contributed by atoms with van der Waals surface area (Å²) in [6.07, 6.45) is -1.87. The van der Waals surface area contributed by atoms with Gasteiger partial charge in [-0.05, 0) is 48.6 Å². The molecule has 3 aromatic rings. The third-order valence-corrected chi connectivity index (χ3v) is 5.73. The second-order valence-electron chi connectivity index (χ2n) is 8.19. The van der Waals surface area contributed by atoms with E-state index < -0.39 is 48.4 Å². The van der Waals surface area contributed by atoms with E-state index in [0.717, 1.165) is 0 Å².